The molecule has 0 aromatic carbocycles. The Morgan fingerprint density at radius 1 is 1.30 bits per heavy atom. The Balaban J connectivity index is 2.67. The van der Waals surface area contributed by atoms with Crippen molar-refractivity contribution < 1.29 is 0 Å². The van der Waals surface area contributed by atoms with E-state index in [0.717, 1.165) is 18.0 Å². The summed E-state index contributed by atoms with van der Waals surface area (Å²) < 4.78 is 0. The quantitative estimate of drug-likeness (QED) is 0.714. The van der Waals surface area contributed by atoms with Gasteiger partial charge in [0.1, 0.15) is 0 Å². The zero-order valence-electron chi connectivity index (χ0n) is 14.8. The second-order valence-electron chi connectivity index (χ2n) is 7.67. The van der Waals surface area contributed by atoms with Crippen molar-refractivity contribution in [1.29, 1.82) is 0 Å². The van der Waals surface area contributed by atoms with Crippen LogP contribution in [0.15, 0.2) is 0 Å². The van der Waals surface area contributed by atoms with Crippen molar-refractivity contribution in [2.75, 3.05) is 20.1 Å². The summed E-state index contributed by atoms with van der Waals surface area (Å²) in [6.07, 6.45) is 7.99. The van der Waals surface area contributed by atoms with Crippen LogP contribution in [0.25, 0.3) is 0 Å². The number of hydrogen-bond donors (Lipinski definition) is 1. The molecule has 1 fully saturated rings. The summed E-state index contributed by atoms with van der Waals surface area (Å²) in [7, 11) is 2.15. The van der Waals surface area contributed by atoms with Crippen LogP contribution in [0.2, 0.25) is 0 Å². The number of nitrogens with one attached hydrogen (secondary N) is 1. The van der Waals surface area contributed by atoms with E-state index in [-0.39, 0.29) is 0 Å². The molecule has 0 aromatic heterocycles. The standard InChI is InChI=1S/C18H38N2/c1-7-9-12-20(15(3)8-2)14-16-13-18(4,5)11-10-17(16)19-6/h15-17,19H,7-14H2,1-6H3. The van der Waals surface area contributed by atoms with Gasteiger partial charge in [0.15, 0.2) is 0 Å². The highest BCUT2D eigenvalue weighted by Gasteiger charge is 2.35. The van der Waals surface area contributed by atoms with Crippen LogP contribution in [0.5, 0.6) is 0 Å². The molecular weight excluding hydrogens is 244 g/mol. The van der Waals surface area contributed by atoms with Crippen LogP contribution < -0.4 is 5.32 Å². The van der Waals surface area contributed by atoms with E-state index in [1.54, 1.807) is 0 Å². The highest BCUT2D eigenvalue weighted by Crippen LogP contribution is 2.39. The first-order valence-electron chi connectivity index (χ1n) is 8.84. The molecule has 1 aliphatic rings. The van der Waals surface area contributed by atoms with Crippen molar-refractivity contribution in [1.82, 2.24) is 10.2 Å². The van der Waals surface area contributed by atoms with Gasteiger partial charge in [-0.05, 0) is 64.0 Å². The van der Waals surface area contributed by atoms with Crippen LogP contribution in [0.1, 0.15) is 73.1 Å². The molecule has 0 radical (unpaired) electrons. The molecule has 0 bridgehead atoms. The van der Waals surface area contributed by atoms with E-state index in [9.17, 15) is 0 Å². The van der Waals surface area contributed by atoms with Crippen molar-refractivity contribution >= 4 is 0 Å². The second-order valence-corrected chi connectivity index (χ2v) is 7.67. The van der Waals surface area contributed by atoms with Crippen LogP contribution >= 0.6 is 0 Å². The second kappa shape index (κ2) is 8.38. The fourth-order valence-electron chi connectivity index (χ4n) is 3.72. The highest BCUT2D eigenvalue weighted by molar-refractivity contribution is 4.90. The van der Waals surface area contributed by atoms with Gasteiger partial charge < -0.3 is 10.2 Å². The molecule has 120 valence electrons. The maximum atomic E-state index is 3.58. The van der Waals surface area contributed by atoms with E-state index >= 15 is 0 Å². The lowest BCUT2D eigenvalue weighted by molar-refractivity contribution is 0.0850. The lowest BCUT2D eigenvalue weighted by Crippen LogP contribution is -2.48. The third-order valence-electron chi connectivity index (χ3n) is 5.37. The molecule has 1 saturated carbocycles. The summed E-state index contributed by atoms with van der Waals surface area (Å²) in [6.45, 7) is 14.5. The van der Waals surface area contributed by atoms with Crippen LogP contribution in [0, 0.1) is 11.3 Å². The van der Waals surface area contributed by atoms with Gasteiger partial charge in [-0.2, -0.15) is 0 Å². The minimum atomic E-state index is 0.532. The van der Waals surface area contributed by atoms with E-state index in [1.165, 1.54) is 51.6 Å². The highest BCUT2D eigenvalue weighted by atomic mass is 15.2. The average Bonchev–Trinajstić information content (AvgIpc) is 2.42. The monoisotopic (exact) mass is 282 g/mol. The third kappa shape index (κ3) is 5.37. The van der Waals surface area contributed by atoms with Gasteiger partial charge in [-0.3, -0.25) is 0 Å². The maximum absolute atomic E-state index is 3.58. The number of nitrogens with zero attached hydrogens (tertiary/aromatic N) is 1. The minimum Gasteiger partial charge on any atom is -0.317 e. The molecule has 3 unspecified atom stereocenters. The van der Waals surface area contributed by atoms with E-state index in [0.29, 0.717) is 5.41 Å². The molecule has 1 N–H and O–H groups in total. The van der Waals surface area contributed by atoms with Crippen molar-refractivity contribution in [3.05, 3.63) is 0 Å². The fraction of sp³-hybridized carbons (Fsp3) is 1.00. The largest absolute Gasteiger partial charge is 0.317 e. The average molecular weight is 283 g/mol. The third-order valence-corrected chi connectivity index (χ3v) is 5.37. The number of unbranched alkanes of at least 4 members (excludes halogenated alkanes) is 1. The summed E-state index contributed by atoms with van der Waals surface area (Å²) >= 11 is 0. The van der Waals surface area contributed by atoms with E-state index in [4.69, 9.17) is 0 Å². The molecule has 0 aromatic rings. The van der Waals surface area contributed by atoms with Gasteiger partial charge in [0.25, 0.3) is 0 Å². The fourth-order valence-corrected chi connectivity index (χ4v) is 3.72. The predicted octanol–water partition coefficient (Wildman–Crippen LogP) is 4.30. The van der Waals surface area contributed by atoms with E-state index in [1.807, 2.05) is 0 Å². The first-order valence-corrected chi connectivity index (χ1v) is 8.84. The van der Waals surface area contributed by atoms with Gasteiger partial charge in [0.05, 0.1) is 0 Å². The molecular formula is C18H38N2. The van der Waals surface area contributed by atoms with Gasteiger partial charge in [0.2, 0.25) is 0 Å². The molecule has 3 atom stereocenters. The topological polar surface area (TPSA) is 15.3 Å². The van der Waals surface area contributed by atoms with Crippen molar-refractivity contribution in [3.8, 4) is 0 Å². The van der Waals surface area contributed by atoms with Crippen molar-refractivity contribution in [3.63, 3.8) is 0 Å². The molecule has 20 heavy (non-hydrogen) atoms. The summed E-state index contributed by atoms with van der Waals surface area (Å²) in [4.78, 5) is 2.75. The SMILES string of the molecule is CCCCN(CC1CC(C)(C)CCC1NC)C(C)CC. The molecule has 1 aliphatic carbocycles. The van der Waals surface area contributed by atoms with Crippen LogP contribution in [-0.2, 0) is 0 Å². The molecule has 0 aliphatic heterocycles. The molecule has 1 rings (SSSR count). The van der Waals surface area contributed by atoms with E-state index < -0.39 is 0 Å². The Labute approximate surface area is 127 Å². The van der Waals surface area contributed by atoms with Crippen molar-refractivity contribution in [2.24, 2.45) is 11.3 Å². The Hall–Kier alpha value is -0.0800. The Kier molecular flexibility index (Phi) is 7.53. The van der Waals surface area contributed by atoms with Gasteiger partial charge in [-0.1, -0.05) is 34.1 Å². The minimum absolute atomic E-state index is 0.532. The van der Waals surface area contributed by atoms with Gasteiger partial charge in [-0.15, -0.1) is 0 Å². The summed E-state index contributed by atoms with van der Waals surface area (Å²) in [5, 5.41) is 3.58. The Morgan fingerprint density at radius 3 is 2.55 bits per heavy atom. The van der Waals surface area contributed by atoms with Crippen LogP contribution in [0.4, 0.5) is 0 Å². The normalized spacial score (nSPS) is 27.8. The molecule has 2 nitrogen and oxygen atoms in total. The number of rotatable bonds is 8. The first kappa shape index (κ1) is 18.0. The molecule has 2 heteroatoms. The van der Waals surface area contributed by atoms with Gasteiger partial charge in [-0.25, -0.2) is 0 Å². The predicted molar refractivity (Wildman–Crippen MR) is 90.2 cm³/mol. The first-order chi connectivity index (χ1) is 9.43. The van der Waals surface area contributed by atoms with Crippen LogP contribution in [0.3, 0.4) is 0 Å². The van der Waals surface area contributed by atoms with E-state index in [2.05, 4.69) is 51.9 Å². The summed E-state index contributed by atoms with van der Waals surface area (Å²) in [5.41, 5.74) is 0.532. The van der Waals surface area contributed by atoms with Gasteiger partial charge >= 0.3 is 0 Å². The Bertz CT molecular complexity index is 262. The molecule has 0 spiro atoms. The smallest absolute Gasteiger partial charge is 0.0105 e. The summed E-state index contributed by atoms with van der Waals surface area (Å²) in [6, 6.07) is 1.44. The lowest BCUT2D eigenvalue weighted by Gasteiger charge is -2.43. The zero-order valence-corrected chi connectivity index (χ0v) is 14.8. The zero-order chi connectivity index (χ0) is 15.2. The summed E-state index contributed by atoms with van der Waals surface area (Å²) in [5.74, 6) is 0.814. The van der Waals surface area contributed by atoms with Crippen molar-refractivity contribution in [2.45, 2.75) is 85.2 Å². The Morgan fingerprint density at radius 2 is 2.00 bits per heavy atom. The van der Waals surface area contributed by atoms with Crippen LogP contribution in [-0.4, -0.2) is 37.1 Å². The molecule has 0 amide bonds. The molecule has 0 heterocycles. The lowest BCUT2D eigenvalue weighted by atomic mass is 9.69. The molecule has 0 saturated heterocycles. The number of hydrogen-bond acceptors (Lipinski definition) is 2. The maximum Gasteiger partial charge on any atom is 0.0105 e. The van der Waals surface area contributed by atoms with Gasteiger partial charge in [0, 0.05) is 18.6 Å².